The second-order valence-corrected chi connectivity index (χ2v) is 4.91. The van der Waals surface area contributed by atoms with E-state index in [1.807, 2.05) is 31.2 Å². The second kappa shape index (κ2) is 5.42. The standard InChI is InChI=1S/C12H15NO3S/c1-2-16-9-5-3-8(4-6-9)11-13-10(7-17-11)12(14)15/h3-6,10-11,13H,2,7H2,1H3,(H,14,15). The molecule has 1 heterocycles. The van der Waals surface area contributed by atoms with E-state index in [2.05, 4.69) is 5.32 Å². The molecule has 5 heteroatoms. The third kappa shape index (κ3) is 2.92. The zero-order chi connectivity index (χ0) is 12.3. The second-order valence-electron chi connectivity index (χ2n) is 3.77. The number of hydrogen-bond acceptors (Lipinski definition) is 4. The number of nitrogens with one attached hydrogen (secondary N) is 1. The van der Waals surface area contributed by atoms with Crippen molar-refractivity contribution in [3.63, 3.8) is 0 Å². The van der Waals surface area contributed by atoms with Gasteiger partial charge in [-0.25, -0.2) is 0 Å². The Morgan fingerprint density at radius 2 is 2.24 bits per heavy atom. The van der Waals surface area contributed by atoms with Crippen molar-refractivity contribution >= 4 is 17.7 Å². The van der Waals surface area contributed by atoms with Gasteiger partial charge in [0.15, 0.2) is 0 Å². The molecule has 0 radical (unpaired) electrons. The van der Waals surface area contributed by atoms with Gasteiger partial charge in [-0.1, -0.05) is 12.1 Å². The largest absolute Gasteiger partial charge is 0.494 e. The zero-order valence-electron chi connectivity index (χ0n) is 9.55. The number of ether oxygens (including phenoxy) is 1. The summed E-state index contributed by atoms with van der Waals surface area (Å²) in [6.45, 7) is 2.59. The number of hydrogen-bond donors (Lipinski definition) is 2. The number of aliphatic carboxylic acids is 1. The maximum absolute atomic E-state index is 10.8. The van der Waals surface area contributed by atoms with Crippen LogP contribution in [-0.2, 0) is 4.79 Å². The first-order valence-corrected chi connectivity index (χ1v) is 6.59. The Labute approximate surface area is 104 Å². The van der Waals surface area contributed by atoms with Gasteiger partial charge in [0.2, 0.25) is 0 Å². The first-order valence-electron chi connectivity index (χ1n) is 5.54. The normalized spacial score (nSPS) is 23.6. The first-order chi connectivity index (χ1) is 8.20. The molecule has 2 rings (SSSR count). The van der Waals surface area contributed by atoms with Crippen molar-refractivity contribution in [2.75, 3.05) is 12.4 Å². The molecule has 1 aliphatic rings. The van der Waals surface area contributed by atoms with Crippen molar-refractivity contribution in [3.05, 3.63) is 29.8 Å². The Bertz CT molecular complexity index is 393. The van der Waals surface area contributed by atoms with Crippen molar-refractivity contribution in [2.45, 2.75) is 18.3 Å². The van der Waals surface area contributed by atoms with Gasteiger partial charge in [-0.2, -0.15) is 0 Å². The quantitative estimate of drug-likeness (QED) is 0.858. The molecule has 92 valence electrons. The molecule has 17 heavy (non-hydrogen) atoms. The van der Waals surface area contributed by atoms with Crippen molar-refractivity contribution in [2.24, 2.45) is 0 Å². The van der Waals surface area contributed by atoms with Crippen molar-refractivity contribution in [1.82, 2.24) is 5.32 Å². The summed E-state index contributed by atoms with van der Waals surface area (Å²) in [5.41, 5.74) is 1.09. The minimum absolute atomic E-state index is 0.0618. The Kier molecular flexibility index (Phi) is 3.91. The number of carboxylic acid groups (broad SMARTS) is 1. The Morgan fingerprint density at radius 3 is 2.76 bits per heavy atom. The molecular weight excluding hydrogens is 238 g/mol. The number of benzene rings is 1. The molecule has 0 spiro atoms. The molecule has 1 aromatic rings. The minimum Gasteiger partial charge on any atom is -0.494 e. The molecule has 1 saturated heterocycles. The van der Waals surface area contributed by atoms with E-state index in [-0.39, 0.29) is 5.37 Å². The molecule has 1 aliphatic heterocycles. The molecule has 0 aliphatic carbocycles. The highest BCUT2D eigenvalue weighted by Gasteiger charge is 2.30. The lowest BCUT2D eigenvalue weighted by Crippen LogP contribution is -2.33. The average molecular weight is 253 g/mol. The summed E-state index contributed by atoms with van der Waals surface area (Å²) < 4.78 is 5.36. The van der Waals surface area contributed by atoms with Crippen LogP contribution in [0.25, 0.3) is 0 Å². The van der Waals surface area contributed by atoms with Crippen LogP contribution in [0.4, 0.5) is 0 Å². The molecule has 0 bridgehead atoms. The van der Waals surface area contributed by atoms with Crippen LogP contribution in [0.5, 0.6) is 5.75 Å². The van der Waals surface area contributed by atoms with Gasteiger partial charge >= 0.3 is 5.97 Å². The van der Waals surface area contributed by atoms with E-state index in [1.54, 1.807) is 11.8 Å². The van der Waals surface area contributed by atoms with E-state index < -0.39 is 12.0 Å². The van der Waals surface area contributed by atoms with Crippen LogP contribution in [0.15, 0.2) is 24.3 Å². The van der Waals surface area contributed by atoms with Gasteiger partial charge in [0, 0.05) is 5.75 Å². The number of carboxylic acids is 1. The molecule has 0 saturated carbocycles. The molecule has 0 aromatic heterocycles. The summed E-state index contributed by atoms with van der Waals surface area (Å²) in [6.07, 6.45) is 0. The van der Waals surface area contributed by atoms with Crippen molar-refractivity contribution in [1.29, 1.82) is 0 Å². The number of rotatable bonds is 4. The summed E-state index contributed by atoms with van der Waals surface area (Å²) in [5.74, 6) is 0.660. The summed E-state index contributed by atoms with van der Waals surface area (Å²) in [6, 6.07) is 7.32. The molecule has 0 amide bonds. The van der Waals surface area contributed by atoms with E-state index in [0.29, 0.717) is 12.4 Å². The van der Waals surface area contributed by atoms with E-state index in [4.69, 9.17) is 9.84 Å². The van der Waals surface area contributed by atoms with Gasteiger partial charge in [-0.15, -0.1) is 11.8 Å². The molecule has 2 unspecified atom stereocenters. The maximum Gasteiger partial charge on any atom is 0.321 e. The highest BCUT2D eigenvalue weighted by molar-refractivity contribution is 7.99. The average Bonchev–Trinajstić information content (AvgIpc) is 2.80. The fraction of sp³-hybridized carbons (Fsp3) is 0.417. The third-order valence-corrected chi connectivity index (χ3v) is 3.84. The van der Waals surface area contributed by atoms with Gasteiger partial charge in [-0.05, 0) is 24.6 Å². The zero-order valence-corrected chi connectivity index (χ0v) is 10.4. The maximum atomic E-state index is 10.8. The van der Waals surface area contributed by atoms with Crippen LogP contribution in [0, 0.1) is 0 Å². The van der Waals surface area contributed by atoms with Gasteiger partial charge in [0.05, 0.1) is 12.0 Å². The lowest BCUT2D eigenvalue weighted by molar-refractivity contribution is -0.138. The fourth-order valence-corrected chi connectivity index (χ4v) is 2.95. The molecule has 2 atom stereocenters. The monoisotopic (exact) mass is 253 g/mol. The third-order valence-electron chi connectivity index (χ3n) is 2.57. The minimum atomic E-state index is -0.786. The Balaban J connectivity index is 2.01. The number of carbonyl (C=O) groups is 1. The van der Waals surface area contributed by atoms with Crippen LogP contribution >= 0.6 is 11.8 Å². The SMILES string of the molecule is CCOc1ccc(C2NC(C(=O)O)CS2)cc1. The van der Waals surface area contributed by atoms with Gasteiger partial charge in [0.25, 0.3) is 0 Å². The van der Waals surface area contributed by atoms with Crippen LogP contribution in [0.1, 0.15) is 17.9 Å². The van der Waals surface area contributed by atoms with Gasteiger partial charge < -0.3 is 9.84 Å². The molecule has 1 aromatic carbocycles. The van der Waals surface area contributed by atoms with E-state index in [0.717, 1.165) is 11.3 Å². The molecule has 1 fully saturated rings. The molecule has 2 N–H and O–H groups in total. The topological polar surface area (TPSA) is 58.6 Å². The van der Waals surface area contributed by atoms with Gasteiger partial charge in [0.1, 0.15) is 11.8 Å². The lowest BCUT2D eigenvalue weighted by Gasteiger charge is -2.12. The Hall–Kier alpha value is -1.20. The van der Waals surface area contributed by atoms with Crippen LogP contribution in [0.3, 0.4) is 0 Å². The van der Waals surface area contributed by atoms with E-state index >= 15 is 0 Å². The van der Waals surface area contributed by atoms with Crippen LogP contribution in [-0.4, -0.2) is 29.5 Å². The van der Waals surface area contributed by atoms with Crippen LogP contribution < -0.4 is 10.1 Å². The predicted molar refractivity (Wildman–Crippen MR) is 67.4 cm³/mol. The summed E-state index contributed by atoms with van der Waals surface area (Å²) in [4.78, 5) is 10.8. The van der Waals surface area contributed by atoms with Crippen molar-refractivity contribution in [3.8, 4) is 5.75 Å². The summed E-state index contributed by atoms with van der Waals surface area (Å²) >= 11 is 1.62. The highest BCUT2D eigenvalue weighted by Crippen LogP contribution is 2.33. The molecular formula is C12H15NO3S. The smallest absolute Gasteiger partial charge is 0.321 e. The van der Waals surface area contributed by atoms with E-state index in [9.17, 15) is 4.79 Å². The van der Waals surface area contributed by atoms with Gasteiger partial charge in [-0.3, -0.25) is 10.1 Å². The summed E-state index contributed by atoms with van der Waals surface area (Å²) in [7, 11) is 0. The predicted octanol–water partition coefficient (Wildman–Crippen LogP) is 1.87. The van der Waals surface area contributed by atoms with E-state index in [1.165, 1.54) is 0 Å². The summed E-state index contributed by atoms with van der Waals surface area (Å²) in [5, 5.41) is 12.0. The van der Waals surface area contributed by atoms with Crippen molar-refractivity contribution < 1.29 is 14.6 Å². The number of thioether (sulfide) groups is 1. The highest BCUT2D eigenvalue weighted by atomic mass is 32.2. The fourth-order valence-electron chi connectivity index (χ4n) is 1.71. The van der Waals surface area contributed by atoms with Crippen LogP contribution in [0.2, 0.25) is 0 Å². The first kappa shape index (κ1) is 12.3. The Morgan fingerprint density at radius 1 is 1.53 bits per heavy atom. The molecule has 4 nitrogen and oxygen atoms in total. The lowest BCUT2D eigenvalue weighted by atomic mass is 10.2.